The van der Waals surface area contributed by atoms with E-state index < -0.39 is 22.8 Å². The van der Waals surface area contributed by atoms with Crippen molar-refractivity contribution in [3.05, 3.63) is 10.6 Å². The first-order valence-corrected chi connectivity index (χ1v) is 3.81. The molecule has 0 heterocycles. The lowest BCUT2D eigenvalue weighted by molar-refractivity contribution is -0.140. The minimum absolute atomic E-state index is 0.141. The SMILES string of the molecule is CCOC(=O)/C(C=O)=C(/Cl)C(F)(F)F. The number of alkyl halides is 3. The Labute approximate surface area is 82.5 Å². The monoisotopic (exact) mass is 230 g/mol. The Morgan fingerprint density at radius 3 is 2.29 bits per heavy atom. The molecular formula is C7H6ClF3O3. The van der Waals surface area contributed by atoms with Crippen LogP contribution in [0.2, 0.25) is 0 Å². The summed E-state index contributed by atoms with van der Waals surface area (Å²) < 4.78 is 40.0. The van der Waals surface area contributed by atoms with Crippen LogP contribution in [-0.4, -0.2) is 25.0 Å². The molecule has 0 amide bonds. The third kappa shape index (κ3) is 3.37. The molecular weight excluding hydrogens is 225 g/mol. The van der Waals surface area contributed by atoms with E-state index in [-0.39, 0.29) is 12.9 Å². The van der Waals surface area contributed by atoms with E-state index in [1.54, 1.807) is 0 Å². The molecule has 3 nitrogen and oxygen atoms in total. The summed E-state index contributed by atoms with van der Waals surface area (Å²) in [5.41, 5.74) is -1.22. The summed E-state index contributed by atoms with van der Waals surface area (Å²) in [6.45, 7) is 1.25. The Bertz CT molecular complexity index is 270. The van der Waals surface area contributed by atoms with Crippen molar-refractivity contribution in [2.75, 3.05) is 6.61 Å². The largest absolute Gasteiger partial charge is 0.462 e. The highest BCUT2D eigenvalue weighted by Crippen LogP contribution is 2.31. The van der Waals surface area contributed by atoms with E-state index in [2.05, 4.69) is 4.74 Å². The minimum atomic E-state index is -4.93. The van der Waals surface area contributed by atoms with Gasteiger partial charge in [0.2, 0.25) is 0 Å². The Hall–Kier alpha value is -1.04. The first-order chi connectivity index (χ1) is 6.34. The van der Waals surface area contributed by atoms with Gasteiger partial charge in [-0.15, -0.1) is 0 Å². The molecule has 0 aliphatic heterocycles. The van der Waals surface area contributed by atoms with Crippen LogP contribution in [0.3, 0.4) is 0 Å². The highest BCUT2D eigenvalue weighted by molar-refractivity contribution is 6.35. The molecule has 0 aromatic heterocycles. The Kier molecular flexibility index (Phi) is 4.62. The van der Waals surface area contributed by atoms with Crippen LogP contribution in [0.4, 0.5) is 13.2 Å². The molecule has 0 N–H and O–H groups in total. The smallest absolute Gasteiger partial charge is 0.427 e. The Balaban J connectivity index is 5.04. The summed E-state index contributed by atoms with van der Waals surface area (Å²) in [6, 6.07) is 0. The fourth-order valence-corrected chi connectivity index (χ4v) is 0.673. The molecule has 0 atom stereocenters. The predicted molar refractivity (Wildman–Crippen MR) is 41.6 cm³/mol. The van der Waals surface area contributed by atoms with Crippen LogP contribution in [0.1, 0.15) is 6.92 Å². The molecule has 7 heteroatoms. The number of esters is 1. The number of hydrogen-bond donors (Lipinski definition) is 0. The van der Waals surface area contributed by atoms with E-state index in [1.807, 2.05) is 0 Å². The highest BCUT2D eigenvalue weighted by Gasteiger charge is 2.37. The number of rotatable bonds is 3. The summed E-state index contributed by atoms with van der Waals surface area (Å²) in [5, 5.41) is -1.77. The van der Waals surface area contributed by atoms with Gasteiger partial charge in [-0.2, -0.15) is 13.2 Å². The molecule has 0 fully saturated rings. The number of halogens is 4. The zero-order valence-corrected chi connectivity index (χ0v) is 7.78. The first-order valence-electron chi connectivity index (χ1n) is 3.43. The van der Waals surface area contributed by atoms with Gasteiger partial charge < -0.3 is 4.74 Å². The van der Waals surface area contributed by atoms with Crippen molar-refractivity contribution < 1.29 is 27.5 Å². The lowest BCUT2D eigenvalue weighted by atomic mass is 10.2. The Morgan fingerprint density at radius 1 is 1.50 bits per heavy atom. The van der Waals surface area contributed by atoms with Crippen LogP contribution in [0.15, 0.2) is 10.6 Å². The van der Waals surface area contributed by atoms with Crippen molar-refractivity contribution in [1.82, 2.24) is 0 Å². The van der Waals surface area contributed by atoms with Crippen molar-refractivity contribution in [2.24, 2.45) is 0 Å². The number of carbonyl (C=O) groups is 2. The van der Waals surface area contributed by atoms with E-state index in [9.17, 15) is 22.8 Å². The zero-order valence-electron chi connectivity index (χ0n) is 7.02. The fraction of sp³-hybridized carbons (Fsp3) is 0.429. The highest BCUT2D eigenvalue weighted by atomic mass is 35.5. The number of aldehydes is 1. The quantitative estimate of drug-likeness (QED) is 0.244. The summed E-state index contributed by atoms with van der Waals surface area (Å²) in [6.07, 6.45) is -5.21. The number of ether oxygens (including phenoxy) is 1. The second-order valence-electron chi connectivity index (χ2n) is 2.06. The standard InChI is InChI=1S/C7H6ClF3O3/c1-2-14-6(13)4(3-12)5(8)7(9,10)11/h3H,2H2,1H3/b5-4+. The van der Waals surface area contributed by atoms with Crippen molar-refractivity contribution in [2.45, 2.75) is 13.1 Å². The van der Waals surface area contributed by atoms with E-state index in [1.165, 1.54) is 6.92 Å². The molecule has 80 valence electrons. The average molecular weight is 231 g/mol. The summed E-state index contributed by atoms with van der Waals surface area (Å²) in [7, 11) is 0. The van der Waals surface area contributed by atoms with Gasteiger partial charge >= 0.3 is 12.1 Å². The Morgan fingerprint density at radius 2 is 2.00 bits per heavy atom. The molecule has 0 aliphatic carbocycles. The third-order valence-corrected chi connectivity index (χ3v) is 1.52. The fourth-order valence-electron chi connectivity index (χ4n) is 0.551. The van der Waals surface area contributed by atoms with Crippen LogP contribution in [0.5, 0.6) is 0 Å². The van der Waals surface area contributed by atoms with Gasteiger partial charge in [-0.1, -0.05) is 11.6 Å². The van der Waals surface area contributed by atoms with Gasteiger partial charge in [0, 0.05) is 0 Å². The maximum absolute atomic E-state index is 11.9. The summed E-state index contributed by atoms with van der Waals surface area (Å²) in [4.78, 5) is 20.9. The molecule has 0 saturated carbocycles. The molecule has 0 aromatic rings. The molecule has 0 bridgehead atoms. The van der Waals surface area contributed by atoms with Crippen LogP contribution in [0, 0.1) is 0 Å². The van der Waals surface area contributed by atoms with E-state index in [4.69, 9.17) is 11.6 Å². The lowest BCUT2D eigenvalue weighted by Gasteiger charge is -2.07. The van der Waals surface area contributed by atoms with Crippen molar-refractivity contribution in [3.8, 4) is 0 Å². The van der Waals surface area contributed by atoms with Crippen molar-refractivity contribution in [3.63, 3.8) is 0 Å². The first kappa shape index (κ1) is 13.0. The van der Waals surface area contributed by atoms with Gasteiger partial charge in [-0.05, 0) is 6.92 Å². The second kappa shape index (κ2) is 4.99. The van der Waals surface area contributed by atoms with E-state index in [0.29, 0.717) is 0 Å². The minimum Gasteiger partial charge on any atom is -0.462 e. The lowest BCUT2D eigenvalue weighted by Crippen LogP contribution is -2.17. The van der Waals surface area contributed by atoms with Crippen molar-refractivity contribution in [1.29, 1.82) is 0 Å². The molecule has 0 radical (unpaired) electrons. The van der Waals surface area contributed by atoms with Crippen LogP contribution < -0.4 is 0 Å². The van der Waals surface area contributed by atoms with Gasteiger partial charge in [-0.25, -0.2) is 4.79 Å². The average Bonchev–Trinajstić information content (AvgIpc) is 2.04. The number of hydrogen-bond acceptors (Lipinski definition) is 3. The third-order valence-electron chi connectivity index (χ3n) is 1.10. The van der Waals surface area contributed by atoms with Crippen molar-refractivity contribution >= 4 is 23.9 Å². The molecule has 0 aliphatic rings. The number of carbonyl (C=O) groups excluding carboxylic acids is 2. The summed E-state index contributed by atoms with van der Waals surface area (Å²) in [5.74, 6) is -1.38. The van der Waals surface area contributed by atoms with Crippen LogP contribution >= 0.6 is 11.6 Å². The van der Waals surface area contributed by atoms with E-state index >= 15 is 0 Å². The normalized spacial score (nSPS) is 13.2. The van der Waals surface area contributed by atoms with E-state index in [0.717, 1.165) is 0 Å². The summed E-state index contributed by atoms with van der Waals surface area (Å²) >= 11 is 4.78. The van der Waals surface area contributed by atoms with Crippen LogP contribution in [0.25, 0.3) is 0 Å². The van der Waals surface area contributed by atoms with Gasteiger partial charge in [0.25, 0.3) is 0 Å². The number of allylic oxidation sites excluding steroid dienone is 1. The second-order valence-corrected chi connectivity index (χ2v) is 2.44. The zero-order chi connectivity index (χ0) is 11.4. The van der Waals surface area contributed by atoms with Gasteiger partial charge in [0.15, 0.2) is 6.29 Å². The van der Waals surface area contributed by atoms with Gasteiger partial charge in [0.05, 0.1) is 6.61 Å². The van der Waals surface area contributed by atoms with Gasteiger partial charge in [-0.3, -0.25) is 4.79 Å². The maximum atomic E-state index is 11.9. The predicted octanol–water partition coefficient (Wildman–Crippen LogP) is 1.80. The molecule has 14 heavy (non-hydrogen) atoms. The maximum Gasteiger partial charge on any atom is 0.427 e. The molecule has 0 aromatic carbocycles. The topological polar surface area (TPSA) is 43.4 Å². The molecule has 0 saturated heterocycles. The van der Waals surface area contributed by atoms with Gasteiger partial charge in [0.1, 0.15) is 10.6 Å². The molecule has 0 spiro atoms. The van der Waals surface area contributed by atoms with Crippen LogP contribution in [-0.2, 0) is 14.3 Å². The molecule has 0 unspecified atom stereocenters. The molecule has 0 rings (SSSR count).